The summed E-state index contributed by atoms with van der Waals surface area (Å²) in [6, 6.07) is 0. The number of fused-ring (bicyclic) bond motifs is 3. The third-order valence-electron chi connectivity index (χ3n) is 5.98. The van der Waals surface area contributed by atoms with Crippen LogP contribution in [0.25, 0.3) is 0 Å². The highest BCUT2D eigenvalue weighted by Crippen LogP contribution is 2.54. The van der Waals surface area contributed by atoms with Crippen LogP contribution in [0.4, 0.5) is 0 Å². The second-order valence-corrected chi connectivity index (χ2v) is 8.61. The molecule has 4 unspecified atom stereocenters. The first-order chi connectivity index (χ1) is 13.1. The molecule has 152 valence electrons. The van der Waals surface area contributed by atoms with Gasteiger partial charge in [-0.2, -0.15) is 0 Å². The first-order valence-corrected chi connectivity index (χ1v) is 10.2. The van der Waals surface area contributed by atoms with E-state index < -0.39 is 11.4 Å². The van der Waals surface area contributed by atoms with E-state index in [0.29, 0.717) is 23.7 Å². The minimum Gasteiger partial charge on any atom is -0.465 e. The normalized spacial score (nSPS) is 34.0. The van der Waals surface area contributed by atoms with Crippen molar-refractivity contribution in [1.29, 1.82) is 0 Å². The summed E-state index contributed by atoms with van der Waals surface area (Å²) < 4.78 is 17.4. The summed E-state index contributed by atoms with van der Waals surface area (Å²) in [4.78, 5) is 13.0. The maximum absolute atomic E-state index is 13.0. The van der Waals surface area contributed by atoms with E-state index in [1.165, 1.54) is 5.57 Å². The summed E-state index contributed by atoms with van der Waals surface area (Å²) in [6.07, 6.45) is 11.3. The Labute approximate surface area is 172 Å². The Morgan fingerprint density at radius 3 is 2.82 bits per heavy atom. The van der Waals surface area contributed by atoms with Crippen molar-refractivity contribution in [2.75, 3.05) is 7.11 Å². The van der Waals surface area contributed by atoms with Crippen LogP contribution in [0.3, 0.4) is 0 Å². The molecule has 0 aromatic carbocycles. The molecule has 0 saturated carbocycles. The molecule has 1 aliphatic carbocycles. The van der Waals surface area contributed by atoms with Crippen molar-refractivity contribution in [1.82, 2.24) is 0 Å². The maximum atomic E-state index is 13.0. The maximum Gasteiger partial charge on any atom is 0.207 e. The van der Waals surface area contributed by atoms with E-state index >= 15 is 0 Å². The second kappa shape index (κ2) is 7.66. The van der Waals surface area contributed by atoms with Crippen LogP contribution in [0.2, 0.25) is 0 Å². The Kier molecular flexibility index (Phi) is 5.77. The molecular formula is C23H29ClO4. The van der Waals surface area contributed by atoms with Gasteiger partial charge in [0.05, 0.1) is 11.3 Å². The number of carbonyl (C=O) groups excluding carboxylic acids is 1. The standard InChI is InChI=1S/C23H29ClO4/c1-7-14(2)10-15(3)8-9-16-11-17-18(13-27-16)19-12-22(4,26-6)28-23(19,5)21(25)20(17)24/h8-11,13-14,19H,7,12H2,1-6H3. The first-order valence-electron chi connectivity index (χ1n) is 9.78. The number of hydrogen-bond donors (Lipinski definition) is 0. The lowest BCUT2D eigenvalue weighted by Gasteiger charge is -2.36. The molecule has 0 radical (unpaired) electrons. The van der Waals surface area contributed by atoms with E-state index in [1.54, 1.807) is 20.3 Å². The zero-order valence-corrected chi connectivity index (χ0v) is 18.2. The van der Waals surface area contributed by atoms with Crippen molar-refractivity contribution in [3.8, 4) is 0 Å². The van der Waals surface area contributed by atoms with Gasteiger partial charge in [0, 0.05) is 30.6 Å². The molecular weight excluding hydrogens is 376 g/mol. The van der Waals surface area contributed by atoms with E-state index in [0.717, 1.165) is 12.0 Å². The highest BCUT2D eigenvalue weighted by molar-refractivity contribution is 6.45. The van der Waals surface area contributed by atoms with Gasteiger partial charge in [-0.1, -0.05) is 49.6 Å². The minimum absolute atomic E-state index is 0.170. The summed E-state index contributed by atoms with van der Waals surface area (Å²) in [6.45, 7) is 10.1. The van der Waals surface area contributed by atoms with Crippen LogP contribution in [0.15, 0.2) is 58.1 Å². The number of allylic oxidation sites excluding steroid dienone is 6. The average molecular weight is 405 g/mol. The van der Waals surface area contributed by atoms with Crippen LogP contribution in [0.5, 0.6) is 0 Å². The topological polar surface area (TPSA) is 44.8 Å². The van der Waals surface area contributed by atoms with Crippen molar-refractivity contribution in [3.05, 3.63) is 58.1 Å². The molecule has 1 fully saturated rings. The van der Waals surface area contributed by atoms with Crippen molar-refractivity contribution >= 4 is 17.4 Å². The summed E-state index contributed by atoms with van der Waals surface area (Å²) in [5.74, 6) is -0.0263. The second-order valence-electron chi connectivity index (χ2n) is 8.23. The van der Waals surface area contributed by atoms with Crippen molar-refractivity contribution in [2.45, 2.75) is 58.8 Å². The predicted molar refractivity (Wildman–Crippen MR) is 111 cm³/mol. The van der Waals surface area contributed by atoms with Gasteiger partial charge in [-0.05, 0) is 38.8 Å². The number of ketones is 1. The fourth-order valence-electron chi connectivity index (χ4n) is 4.04. The van der Waals surface area contributed by atoms with Gasteiger partial charge < -0.3 is 14.2 Å². The quantitative estimate of drug-likeness (QED) is 0.562. The zero-order valence-electron chi connectivity index (χ0n) is 17.5. The average Bonchev–Trinajstić information content (AvgIpc) is 2.97. The molecule has 0 spiro atoms. The summed E-state index contributed by atoms with van der Waals surface area (Å²) >= 11 is 6.48. The van der Waals surface area contributed by atoms with Gasteiger partial charge in [0.2, 0.25) is 5.78 Å². The number of ether oxygens (including phenoxy) is 3. The number of methoxy groups -OCH3 is 1. The molecule has 4 atom stereocenters. The van der Waals surface area contributed by atoms with E-state index in [2.05, 4.69) is 26.8 Å². The number of halogens is 1. The smallest absolute Gasteiger partial charge is 0.207 e. The molecule has 2 heterocycles. The first kappa shape index (κ1) is 21.1. The van der Waals surface area contributed by atoms with Gasteiger partial charge in [0.25, 0.3) is 0 Å². The lowest BCUT2D eigenvalue weighted by Crippen LogP contribution is -2.46. The minimum atomic E-state index is -1.04. The van der Waals surface area contributed by atoms with Gasteiger partial charge in [-0.25, -0.2) is 0 Å². The highest BCUT2D eigenvalue weighted by Gasteiger charge is 2.60. The van der Waals surface area contributed by atoms with E-state index in [9.17, 15) is 4.79 Å². The molecule has 28 heavy (non-hydrogen) atoms. The van der Waals surface area contributed by atoms with Crippen LogP contribution in [-0.4, -0.2) is 24.3 Å². The largest absolute Gasteiger partial charge is 0.465 e. The van der Waals surface area contributed by atoms with Crippen molar-refractivity contribution < 1.29 is 19.0 Å². The Balaban J connectivity index is 1.90. The van der Waals surface area contributed by atoms with Crippen LogP contribution in [-0.2, 0) is 19.0 Å². The van der Waals surface area contributed by atoms with Gasteiger partial charge in [0.1, 0.15) is 11.4 Å². The number of hydrogen-bond acceptors (Lipinski definition) is 4. The van der Waals surface area contributed by atoms with Gasteiger partial charge >= 0.3 is 0 Å². The SMILES string of the molecule is CCC(C)C=C(C)C=CC1=CC2=C(Cl)C(=O)C3(C)OC(C)(OC)CC3C2=CO1. The molecule has 1 saturated heterocycles. The van der Waals surface area contributed by atoms with Crippen LogP contribution in [0.1, 0.15) is 47.5 Å². The molecule has 2 aliphatic heterocycles. The number of carbonyl (C=O) groups is 1. The van der Waals surface area contributed by atoms with Crippen LogP contribution < -0.4 is 0 Å². The van der Waals surface area contributed by atoms with Crippen LogP contribution >= 0.6 is 11.6 Å². The van der Waals surface area contributed by atoms with E-state index in [1.807, 2.05) is 25.2 Å². The molecule has 0 bridgehead atoms. The Bertz CT molecular complexity index is 832. The summed E-state index contributed by atoms with van der Waals surface area (Å²) in [5, 5.41) is 0.187. The van der Waals surface area contributed by atoms with Crippen molar-refractivity contribution in [3.63, 3.8) is 0 Å². The Morgan fingerprint density at radius 1 is 1.46 bits per heavy atom. The monoisotopic (exact) mass is 404 g/mol. The fraction of sp³-hybridized carbons (Fsp3) is 0.522. The fourth-order valence-corrected chi connectivity index (χ4v) is 4.39. The van der Waals surface area contributed by atoms with Gasteiger partial charge in [0.15, 0.2) is 5.79 Å². The van der Waals surface area contributed by atoms with Gasteiger partial charge in [-0.3, -0.25) is 4.79 Å². The number of Topliss-reactive ketones (excluding diaryl/α,β-unsaturated/α-hetero) is 1. The molecule has 0 aromatic heterocycles. The van der Waals surface area contributed by atoms with Crippen LogP contribution in [0, 0.1) is 11.8 Å². The predicted octanol–water partition coefficient (Wildman–Crippen LogP) is 5.57. The molecule has 0 amide bonds. The lowest BCUT2D eigenvalue weighted by molar-refractivity contribution is -0.221. The summed E-state index contributed by atoms with van der Waals surface area (Å²) in [7, 11) is 1.59. The highest BCUT2D eigenvalue weighted by atomic mass is 35.5. The molecule has 5 heteroatoms. The Hall–Kier alpha value is -1.62. The third kappa shape index (κ3) is 3.66. The molecule has 3 rings (SSSR count). The third-order valence-corrected chi connectivity index (χ3v) is 6.36. The Morgan fingerprint density at radius 2 is 2.18 bits per heavy atom. The molecule has 0 aromatic rings. The zero-order chi connectivity index (χ0) is 20.7. The molecule has 4 nitrogen and oxygen atoms in total. The van der Waals surface area contributed by atoms with E-state index in [4.69, 9.17) is 25.8 Å². The van der Waals surface area contributed by atoms with Crippen molar-refractivity contribution in [2.24, 2.45) is 11.8 Å². The molecule has 0 N–H and O–H groups in total. The lowest BCUT2D eigenvalue weighted by atomic mass is 9.72. The number of rotatable bonds is 5. The van der Waals surface area contributed by atoms with Gasteiger partial charge in [-0.15, -0.1) is 0 Å². The molecule has 3 aliphatic rings. The van der Waals surface area contributed by atoms with E-state index in [-0.39, 0.29) is 16.7 Å². The summed E-state index contributed by atoms with van der Waals surface area (Å²) in [5.41, 5.74) is 1.72.